The van der Waals surface area contributed by atoms with E-state index < -0.39 is 0 Å². The average Bonchev–Trinajstić information content (AvgIpc) is 3.25. The van der Waals surface area contributed by atoms with Gasteiger partial charge >= 0.3 is 0 Å². The van der Waals surface area contributed by atoms with Gasteiger partial charge in [-0.15, -0.1) is 0 Å². The Labute approximate surface area is 186 Å². The van der Waals surface area contributed by atoms with Crippen LogP contribution in [0.4, 0.5) is 10.1 Å². The third-order valence-electron chi connectivity index (χ3n) is 6.39. The van der Waals surface area contributed by atoms with Crippen LogP contribution in [0.1, 0.15) is 30.0 Å². The molecule has 0 atom stereocenters. The Morgan fingerprint density at radius 1 is 1.06 bits per heavy atom. The topological polar surface area (TPSA) is 63.9 Å². The lowest BCUT2D eigenvalue weighted by Crippen LogP contribution is -2.29. The first-order valence-corrected chi connectivity index (χ1v) is 11.0. The zero-order valence-corrected chi connectivity index (χ0v) is 18.1. The molecule has 0 amide bonds. The van der Waals surface area contributed by atoms with E-state index in [0.717, 1.165) is 53.8 Å². The van der Waals surface area contributed by atoms with Crippen molar-refractivity contribution >= 4 is 16.7 Å². The van der Waals surface area contributed by atoms with Crippen molar-refractivity contribution in [3.05, 3.63) is 77.9 Å². The summed E-state index contributed by atoms with van der Waals surface area (Å²) < 4.78 is 14.9. The minimum absolute atomic E-state index is 0.00867. The van der Waals surface area contributed by atoms with Gasteiger partial charge in [0.1, 0.15) is 11.5 Å². The highest BCUT2D eigenvalue weighted by Gasteiger charge is 2.21. The maximum absolute atomic E-state index is 14.9. The highest BCUT2D eigenvalue weighted by Crippen LogP contribution is 2.35. The second-order valence-corrected chi connectivity index (χ2v) is 8.62. The first kappa shape index (κ1) is 20.5. The van der Waals surface area contributed by atoms with Crippen LogP contribution in [0, 0.1) is 5.82 Å². The number of aromatic nitrogens is 2. The van der Waals surface area contributed by atoms with Crippen LogP contribution in [-0.2, 0) is 11.7 Å². The number of aromatic amines is 1. The Kier molecular flexibility index (Phi) is 5.53. The van der Waals surface area contributed by atoms with Crippen LogP contribution in [0.2, 0.25) is 0 Å². The monoisotopic (exact) mass is 429 g/mol. The lowest BCUT2D eigenvalue weighted by molar-refractivity contribution is 0.254. The number of hydrogen-bond acceptors (Lipinski definition) is 3. The van der Waals surface area contributed by atoms with Crippen molar-refractivity contribution < 1.29 is 9.50 Å². The molecule has 4 aromatic rings. The molecular weight excluding hydrogens is 403 g/mol. The molecule has 0 bridgehead atoms. The fraction of sp³-hybridized carbons (Fsp3) is 0.269. The van der Waals surface area contributed by atoms with Gasteiger partial charge in [-0.1, -0.05) is 12.1 Å². The molecule has 5 nitrogen and oxygen atoms in total. The van der Waals surface area contributed by atoms with E-state index in [0.29, 0.717) is 18.0 Å². The van der Waals surface area contributed by atoms with Crippen LogP contribution >= 0.6 is 0 Å². The van der Waals surface area contributed by atoms with Crippen LogP contribution in [0.3, 0.4) is 0 Å². The molecule has 6 heteroatoms. The second-order valence-electron chi connectivity index (χ2n) is 8.62. The summed E-state index contributed by atoms with van der Waals surface area (Å²) in [6, 6.07) is 15.8. The molecule has 0 unspecified atom stereocenters. The molecule has 1 fully saturated rings. The van der Waals surface area contributed by atoms with Crippen LogP contribution in [-0.4, -0.2) is 35.0 Å². The zero-order chi connectivity index (χ0) is 22.1. The molecule has 5 rings (SSSR count). The number of pyridine rings is 1. The summed E-state index contributed by atoms with van der Waals surface area (Å²) in [4.78, 5) is 10.3. The first-order valence-electron chi connectivity index (χ1n) is 11.0. The molecule has 2 aromatic heterocycles. The van der Waals surface area contributed by atoms with Crippen LogP contribution < -0.4 is 5.32 Å². The van der Waals surface area contributed by atoms with E-state index in [-0.39, 0.29) is 11.6 Å². The summed E-state index contributed by atoms with van der Waals surface area (Å²) in [6.07, 6.45) is 3.95. The van der Waals surface area contributed by atoms with Crippen molar-refractivity contribution in [2.24, 2.45) is 0 Å². The van der Waals surface area contributed by atoms with E-state index in [2.05, 4.69) is 33.3 Å². The van der Waals surface area contributed by atoms with Crippen molar-refractivity contribution in [1.29, 1.82) is 0 Å². The fourth-order valence-corrected chi connectivity index (χ4v) is 4.47. The highest BCUT2D eigenvalue weighted by atomic mass is 19.1. The molecule has 0 saturated carbocycles. The normalized spacial score (nSPS) is 15.3. The standard InChI is InChI=1S/C26H26FN4O/c1-31-12-9-18(10-13-31)25-15-23-21(8-11-28-26(23)30-25)22-14-19(4-7-24(22)27)29-16-17-2-5-20(32)6-3-17/h2-8,11,14-15,18,29H,9-10,12-13,16H2,1H3,(H,28,30). The maximum Gasteiger partial charge on any atom is 0.178 e. The number of nitrogens with one attached hydrogen (secondary N) is 2. The smallest absolute Gasteiger partial charge is 0.178 e. The second kappa shape index (κ2) is 8.63. The number of benzene rings is 2. The predicted octanol–water partition coefficient (Wildman–Crippen LogP) is 5.93. The third-order valence-corrected chi connectivity index (χ3v) is 6.39. The van der Waals surface area contributed by atoms with E-state index in [1.54, 1.807) is 36.5 Å². The molecule has 163 valence electrons. The number of hydrogen-bond donors (Lipinski definition) is 2. The van der Waals surface area contributed by atoms with Crippen LogP contribution in [0.25, 0.3) is 22.2 Å². The fourth-order valence-electron chi connectivity index (χ4n) is 4.47. The number of piperidine rings is 1. The lowest BCUT2D eigenvalue weighted by atomic mass is 9.93. The summed E-state index contributed by atoms with van der Waals surface area (Å²) in [5.41, 5.74) is 5.18. The first-order chi connectivity index (χ1) is 15.6. The van der Waals surface area contributed by atoms with E-state index in [1.165, 1.54) is 11.8 Å². The Morgan fingerprint density at radius 2 is 1.84 bits per heavy atom. The molecule has 0 aliphatic carbocycles. The largest absolute Gasteiger partial charge is 0.381 e. The van der Waals surface area contributed by atoms with Crippen molar-refractivity contribution in [3.63, 3.8) is 0 Å². The summed E-state index contributed by atoms with van der Waals surface area (Å²) in [5.74, 6) is 0.207. The molecule has 3 heterocycles. The third kappa shape index (κ3) is 4.18. The number of anilines is 1. The summed E-state index contributed by atoms with van der Waals surface area (Å²) in [5, 5.41) is 15.6. The molecule has 32 heavy (non-hydrogen) atoms. The maximum atomic E-state index is 14.9. The van der Waals surface area contributed by atoms with E-state index in [9.17, 15) is 9.50 Å². The summed E-state index contributed by atoms with van der Waals surface area (Å²) in [6.45, 7) is 2.72. The highest BCUT2D eigenvalue weighted by molar-refractivity contribution is 5.94. The Balaban J connectivity index is 1.44. The quantitative estimate of drug-likeness (QED) is 0.413. The molecule has 1 saturated heterocycles. The molecule has 1 aliphatic heterocycles. The predicted molar refractivity (Wildman–Crippen MR) is 125 cm³/mol. The lowest BCUT2D eigenvalue weighted by Gasteiger charge is -2.28. The summed E-state index contributed by atoms with van der Waals surface area (Å²) in [7, 11) is 2.16. The van der Waals surface area contributed by atoms with E-state index in [1.807, 2.05) is 12.1 Å². The molecule has 1 aliphatic rings. The number of nitrogens with zero attached hydrogens (tertiary/aromatic N) is 2. The number of halogens is 1. The van der Waals surface area contributed by atoms with Gasteiger partial charge in [-0.25, -0.2) is 9.37 Å². The zero-order valence-electron chi connectivity index (χ0n) is 18.1. The van der Waals surface area contributed by atoms with Gasteiger partial charge in [0.05, 0.1) is 0 Å². The van der Waals surface area contributed by atoms with Gasteiger partial charge in [-0.2, -0.15) is 0 Å². The average molecular weight is 430 g/mol. The van der Waals surface area contributed by atoms with E-state index in [4.69, 9.17) is 0 Å². The van der Waals surface area contributed by atoms with Crippen LogP contribution in [0.5, 0.6) is 5.75 Å². The van der Waals surface area contributed by atoms with Gasteiger partial charge in [0.15, 0.2) is 5.75 Å². The van der Waals surface area contributed by atoms with E-state index >= 15 is 0 Å². The van der Waals surface area contributed by atoms with Crippen molar-refractivity contribution in [2.75, 3.05) is 25.5 Å². The van der Waals surface area contributed by atoms with Gasteiger partial charge in [0.25, 0.3) is 0 Å². The van der Waals surface area contributed by atoms with Gasteiger partial charge in [-0.05, 0) is 86.6 Å². The SMILES string of the molecule is CN1CCC(c2cc3c(-c4cc(NCc5ccc([O])cc5)ccc4F)ccnc3[nH]2)CC1. The molecule has 1 radical (unpaired) electrons. The minimum atomic E-state index is -0.263. The van der Waals surface area contributed by atoms with Gasteiger partial charge in [-0.3, -0.25) is 5.11 Å². The number of fused-ring (bicyclic) bond motifs is 1. The van der Waals surface area contributed by atoms with Crippen molar-refractivity contribution in [2.45, 2.75) is 25.3 Å². The minimum Gasteiger partial charge on any atom is -0.381 e. The molecule has 2 N–H and O–H groups in total. The van der Waals surface area contributed by atoms with Crippen LogP contribution in [0.15, 0.2) is 60.8 Å². The Bertz CT molecular complexity index is 1230. The van der Waals surface area contributed by atoms with Crippen molar-refractivity contribution in [3.8, 4) is 16.9 Å². The van der Waals surface area contributed by atoms with Gasteiger partial charge in [0.2, 0.25) is 0 Å². The molecule has 0 spiro atoms. The van der Waals surface area contributed by atoms with Gasteiger partial charge < -0.3 is 15.2 Å². The number of likely N-dealkylation sites (tertiary alicyclic amines) is 1. The van der Waals surface area contributed by atoms with Crippen molar-refractivity contribution in [1.82, 2.24) is 14.9 Å². The molecule has 2 aromatic carbocycles. The number of rotatable bonds is 5. The number of H-pyrrole nitrogens is 1. The molecular formula is C26H26FN4O. The Morgan fingerprint density at radius 3 is 2.62 bits per heavy atom. The summed E-state index contributed by atoms with van der Waals surface area (Å²) >= 11 is 0. The Hall–Kier alpha value is -3.38. The van der Waals surface area contributed by atoms with Gasteiger partial charge in [0, 0.05) is 41.0 Å².